The molecule has 0 aliphatic carbocycles. The lowest BCUT2D eigenvalue weighted by molar-refractivity contribution is 0.575. The molecule has 0 saturated carbocycles. The lowest BCUT2D eigenvalue weighted by atomic mass is 10.3. The summed E-state index contributed by atoms with van der Waals surface area (Å²) < 4.78 is 6.67. The number of halogens is 2. The van der Waals surface area contributed by atoms with Crippen molar-refractivity contribution in [3.05, 3.63) is 36.4 Å². The molecule has 0 saturated heterocycles. The highest BCUT2D eigenvalue weighted by Gasteiger charge is 2.13. The zero-order valence-electron chi connectivity index (χ0n) is 8.38. The van der Waals surface area contributed by atoms with Crippen LogP contribution in [0.5, 0.6) is 0 Å². The molecule has 0 fully saturated rings. The van der Waals surface area contributed by atoms with E-state index in [1.54, 1.807) is 12.3 Å². The molecule has 0 bridgehead atoms. The summed E-state index contributed by atoms with van der Waals surface area (Å²) in [6.07, 6.45) is 2.26. The minimum Gasteiger partial charge on any atom is -0.460 e. The van der Waals surface area contributed by atoms with E-state index in [1.165, 1.54) is 0 Å². The topological polar surface area (TPSA) is 58.9 Å². The third-order valence-electron chi connectivity index (χ3n) is 2.10. The molecule has 2 heterocycles. The summed E-state index contributed by atoms with van der Waals surface area (Å²) in [6, 6.07) is 1.76. The van der Waals surface area contributed by atoms with Gasteiger partial charge in [-0.25, -0.2) is 4.98 Å². The fraction of sp³-hybridized carbons (Fsp3) is 0.200. The summed E-state index contributed by atoms with van der Waals surface area (Å²) >= 11 is 5.33. The van der Waals surface area contributed by atoms with Crippen molar-refractivity contribution in [3.8, 4) is 11.6 Å². The van der Waals surface area contributed by atoms with Crippen molar-refractivity contribution >= 4 is 38.5 Å². The largest absolute Gasteiger partial charge is 0.460 e. The maximum absolute atomic E-state index is 11.7. The van der Waals surface area contributed by atoms with E-state index in [1.807, 2.05) is 29.5 Å². The Morgan fingerprint density at radius 3 is 2.94 bits per heavy atom. The molecule has 6 heteroatoms. The summed E-state index contributed by atoms with van der Waals surface area (Å²) in [5.41, 5.74) is 0.647. The van der Waals surface area contributed by atoms with Crippen molar-refractivity contribution in [2.75, 3.05) is 0 Å². The summed E-state index contributed by atoms with van der Waals surface area (Å²) in [5.74, 6) is 1.00. The molecular formula is C10H8BrIN2O2. The lowest BCUT2D eigenvalue weighted by Crippen LogP contribution is -2.15. The highest BCUT2D eigenvalue weighted by molar-refractivity contribution is 14.1. The third kappa shape index (κ3) is 2.08. The van der Waals surface area contributed by atoms with Crippen LogP contribution in [0.25, 0.3) is 11.6 Å². The van der Waals surface area contributed by atoms with Crippen LogP contribution in [0.3, 0.4) is 0 Å². The van der Waals surface area contributed by atoms with Crippen molar-refractivity contribution in [2.24, 2.45) is 0 Å². The Morgan fingerprint density at radius 1 is 1.62 bits per heavy atom. The number of aryl methyl sites for hydroxylation is 1. The van der Waals surface area contributed by atoms with Crippen molar-refractivity contribution in [1.82, 2.24) is 9.97 Å². The summed E-state index contributed by atoms with van der Waals surface area (Å²) in [4.78, 5) is 18.7. The van der Waals surface area contributed by atoms with Crippen molar-refractivity contribution in [3.63, 3.8) is 0 Å². The molecule has 16 heavy (non-hydrogen) atoms. The minimum absolute atomic E-state index is 0.134. The van der Waals surface area contributed by atoms with Gasteiger partial charge in [-0.05, 0) is 51.0 Å². The minimum atomic E-state index is -0.134. The van der Waals surface area contributed by atoms with Gasteiger partial charge in [0.2, 0.25) is 0 Å². The first-order chi connectivity index (χ1) is 7.63. The number of nitrogens with one attached hydrogen (secondary N) is 1. The predicted octanol–water partition coefficient (Wildman–Crippen LogP) is 2.96. The van der Waals surface area contributed by atoms with Gasteiger partial charge >= 0.3 is 0 Å². The van der Waals surface area contributed by atoms with Crippen LogP contribution >= 0.6 is 38.5 Å². The quantitative estimate of drug-likeness (QED) is 0.796. The Balaban J connectivity index is 2.64. The Kier molecular flexibility index (Phi) is 3.48. The Morgan fingerprint density at radius 2 is 2.38 bits per heavy atom. The molecule has 0 aliphatic heterocycles. The summed E-state index contributed by atoms with van der Waals surface area (Å²) in [5, 5.41) is 0. The molecule has 0 spiro atoms. The van der Waals surface area contributed by atoms with Gasteiger partial charge in [0, 0.05) is 0 Å². The molecule has 2 aromatic heterocycles. The Bertz CT molecular complexity index is 576. The number of hydrogen-bond acceptors (Lipinski definition) is 3. The third-order valence-corrected chi connectivity index (χ3v) is 3.84. The van der Waals surface area contributed by atoms with Gasteiger partial charge < -0.3 is 9.40 Å². The smallest absolute Gasteiger partial charge is 0.264 e. The van der Waals surface area contributed by atoms with Gasteiger partial charge in [-0.3, -0.25) is 4.79 Å². The molecule has 0 amide bonds. The van der Waals surface area contributed by atoms with Crippen molar-refractivity contribution in [2.45, 2.75) is 13.3 Å². The average molecular weight is 395 g/mol. The van der Waals surface area contributed by atoms with E-state index in [2.05, 4.69) is 25.9 Å². The normalized spacial score (nSPS) is 10.7. The maximum Gasteiger partial charge on any atom is 0.264 e. The second-order valence-electron chi connectivity index (χ2n) is 3.13. The molecule has 0 radical (unpaired) electrons. The second kappa shape index (κ2) is 4.70. The first-order valence-corrected chi connectivity index (χ1v) is 6.52. The second-order valence-corrected chi connectivity index (χ2v) is 5.06. The lowest BCUT2D eigenvalue weighted by Gasteiger charge is -2.03. The van der Waals surface area contributed by atoms with Crippen LogP contribution < -0.4 is 5.56 Å². The number of aromatic nitrogens is 2. The zero-order chi connectivity index (χ0) is 11.7. The van der Waals surface area contributed by atoms with E-state index in [0.717, 1.165) is 10.2 Å². The summed E-state index contributed by atoms with van der Waals surface area (Å²) in [7, 11) is 0. The SMILES string of the molecule is CCc1nc(-c2occc2Br)[nH]c(=O)c1I. The molecule has 0 aliphatic rings. The van der Waals surface area contributed by atoms with Crippen LogP contribution in [0.4, 0.5) is 0 Å². The standard InChI is InChI=1S/C10H8BrIN2O2/c1-2-6-7(12)10(15)14-9(13-6)8-5(11)3-4-16-8/h3-4H,2H2,1H3,(H,13,14,15). The number of nitrogens with zero attached hydrogens (tertiary/aromatic N) is 1. The molecular weight excluding hydrogens is 387 g/mol. The molecule has 2 aromatic rings. The van der Waals surface area contributed by atoms with Gasteiger partial charge in [-0.15, -0.1) is 0 Å². The molecule has 1 N–H and O–H groups in total. The van der Waals surface area contributed by atoms with Crippen LogP contribution in [-0.2, 0) is 6.42 Å². The van der Waals surface area contributed by atoms with Gasteiger partial charge in [-0.1, -0.05) is 6.92 Å². The van der Waals surface area contributed by atoms with Gasteiger partial charge in [0.05, 0.1) is 20.0 Å². The van der Waals surface area contributed by atoms with Crippen molar-refractivity contribution < 1.29 is 4.42 Å². The van der Waals surface area contributed by atoms with E-state index in [0.29, 0.717) is 21.6 Å². The van der Waals surface area contributed by atoms with E-state index in [9.17, 15) is 4.79 Å². The highest BCUT2D eigenvalue weighted by atomic mass is 127. The number of furan rings is 1. The molecule has 4 nitrogen and oxygen atoms in total. The van der Waals surface area contributed by atoms with Crippen LogP contribution in [0.1, 0.15) is 12.6 Å². The molecule has 0 aromatic carbocycles. The summed E-state index contributed by atoms with van der Waals surface area (Å²) in [6.45, 7) is 1.96. The molecule has 0 atom stereocenters. The number of hydrogen-bond donors (Lipinski definition) is 1. The fourth-order valence-electron chi connectivity index (χ4n) is 1.31. The Hall–Kier alpha value is -0.630. The molecule has 84 valence electrons. The zero-order valence-corrected chi connectivity index (χ0v) is 12.1. The van der Waals surface area contributed by atoms with Gasteiger partial charge in [0.1, 0.15) is 0 Å². The van der Waals surface area contributed by atoms with E-state index in [4.69, 9.17) is 4.42 Å². The van der Waals surface area contributed by atoms with Crippen LogP contribution in [0, 0.1) is 3.57 Å². The predicted molar refractivity (Wildman–Crippen MR) is 72.4 cm³/mol. The Labute approximate surface area is 114 Å². The van der Waals surface area contributed by atoms with Gasteiger partial charge in [0.15, 0.2) is 11.6 Å². The van der Waals surface area contributed by atoms with Gasteiger partial charge in [0.25, 0.3) is 5.56 Å². The maximum atomic E-state index is 11.7. The van der Waals surface area contributed by atoms with E-state index in [-0.39, 0.29) is 5.56 Å². The first-order valence-electron chi connectivity index (χ1n) is 4.65. The van der Waals surface area contributed by atoms with Crippen LogP contribution in [0.2, 0.25) is 0 Å². The monoisotopic (exact) mass is 394 g/mol. The molecule has 2 rings (SSSR count). The van der Waals surface area contributed by atoms with E-state index < -0.39 is 0 Å². The average Bonchev–Trinajstić information content (AvgIpc) is 2.68. The number of H-pyrrole nitrogens is 1. The fourth-order valence-corrected chi connectivity index (χ4v) is 2.34. The number of aromatic amines is 1. The van der Waals surface area contributed by atoms with Crippen molar-refractivity contribution in [1.29, 1.82) is 0 Å². The van der Waals surface area contributed by atoms with Crippen LogP contribution in [0.15, 0.2) is 26.0 Å². The number of rotatable bonds is 2. The highest BCUT2D eigenvalue weighted by Crippen LogP contribution is 2.26. The van der Waals surface area contributed by atoms with E-state index >= 15 is 0 Å². The van der Waals surface area contributed by atoms with Gasteiger partial charge in [-0.2, -0.15) is 0 Å². The van der Waals surface area contributed by atoms with Crippen LogP contribution in [-0.4, -0.2) is 9.97 Å². The first kappa shape index (κ1) is 11.8. The molecule has 0 unspecified atom stereocenters.